The molecule has 0 radical (unpaired) electrons. The molecule has 0 aliphatic rings. The third-order valence-electron chi connectivity index (χ3n) is 2.90. The average Bonchev–Trinajstić information content (AvgIpc) is 2.40. The van der Waals surface area contributed by atoms with Gasteiger partial charge < -0.3 is 5.32 Å². The first-order valence-corrected chi connectivity index (χ1v) is 8.72. The van der Waals surface area contributed by atoms with E-state index in [1.165, 1.54) is 19.1 Å². The zero-order chi connectivity index (χ0) is 16.3. The van der Waals surface area contributed by atoms with Gasteiger partial charge in [0.1, 0.15) is 0 Å². The van der Waals surface area contributed by atoms with E-state index in [1.54, 1.807) is 31.2 Å². The van der Waals surface area contributed by atoms with E-state index in [-0.39, 0.29) is 10.8 Å². The molecular weight excluding hydrogens is 368 g/mol. The lowest BCUT2D eigenvalue weighted by Gasteiger charge is -2.11. The van der Waals surface area contributed by atoms with Gasteiger partial charge in [-0.25, -0.2) is 8.42 Å². The van der Waals surface area contributed by atoms with E-state index < -0.39 is 10.0 Å². The van der Waals surface area contributed by atoms with Crippen LogP contribution >= 0.6 is 15.9 Å². The summed E-state index contributed by atoms with van der Waals surface area (Å²) in [4.78, 5) is 11.2. The highest BCUT2D eigenvalue weighted by molar-refractivity contribution is 9.10. The Bertz CT molecular complexity index is 819. The molecular formula is C15H15BrN2O3S. The molecule has 0 bridgehead atoms. The Balaban J connectivity index is 2.30. The van der Waals surface area contributed by atoms with Crippen LogP contribution in [-0.4, -0.2) is 14.3 Å². The zero-order valence-electron chi connectivity index (χ0n) is 12.1. The highest BCUT2D eigenvalue weighted by atomic mass is 79.9. The molecule has 0 heterocycles. The van der Waals surface area contributed by atoms with E-state index >= 15 is 0 Å². The van der Waals surface area contributed by atoms with Crippen LogP contribution in [-0.2, 0) is 14.8 Å². The molecule has 7 heteroatoms. The quantitative estimate of drug-likeness (QED) is 0.849. The summed E-state index contributed by atoms with van der Waals surface area (Å²) in [6, 6.07) is 11.4. The van der Waals surface area contributed by atoms with Gasteiger partial charge in [0.25, 0.3) is 10.0 Å². The molecule has 0 unspecified atom stereocenters. The predicted octanol–water partition coefficient (Wildman–Crippen LogP) is 3.52. The molecule has 0 aromatic heterocycles. The number of hydrogen-bond acceptors (Lipinski definition) is 3. The number of nitrogens with one attached hydrogen (secondary N) is 2. The second kappa shape index (κ2) is 6.50. The Morgan fingerprint density at radius 2 is 1.86 bits per heavy atom. The van der Waals surface area contributed by atoms with Crippen molar-refractivity contribution in [1.82, 2.24) is 0 Å². The first-order valence-electron chi connectivity index (χ1n) is 6.44. The number of rotatable bonds is 4. The Kier molecular flexibility index (Phi) is 4.87. The predicted molar refractivity (Wildman–Crippen MR) is 90.4 cm³/mol. The lowest BCUT2D eigenvalue weighted by atomic mass is 10.2. The van der Waals surface area contributed by atoms with Crippen LogP contribution in [0.5, 0.6) is 0 Å². The van der Waals surface area contributed by atoms with Crippen molar-refractivity contribution in [3.8, 4) is 0 Å². The molecule has 0 aliphatic carbocycles. The summed E-state index contributed by atoms with van der Waals surface area (Å²) in [5.74, 6) is -0.203. The molecule has 0 aliphatic heterocycles. The first kappa shape index (κ1) is 16.5. The van der Waals surface area contributed by atoms with E-state index in [1.807, 2.05) is 6.07 Å². The number of amides is 1. The minimum atomic E-state index is -3.68. The summed E-state index contributed by atoms with van der Waals surface area (Å²) in [6.45, 7) is 3.14. The van der Waals surface area contributed by atoms with Gasteiger partial charge in [-0.05, 0) is 48.9 Å². The average molecular weight is 383 g/mol. The first-order chi connectivity index (χ1) is 10.3. The Morgan fingerprint density at radius 1 is 1.14 bits per heavy atom. The van der Waals surface area contributed by atoms with Crippen LogP contribution in [0.2, 0.25) is 0 Å². The molecule has 2 N–H and O–H groups in total. The molecule has 0 saturated carbocycles. The van der Waals surface area contributed by atoms with Crippen molar-refractivity contribution >= 4 is 43.2 Å². The van der Waals surface area contributed by atoms with Crippen molar-refractivity contribution in [3.63, 3.8) is 0 Å². The topological polar surface area (TPSA) is 75.3 Å². The molecule has 2 rings (SSSR count). The maximum Gasteiger partial charge on any atom is 0.261 e. The second-order valence-corrected chi connectivity index (χ2v) is 7.37. The second-order valence-electron chi connectivity index (χ2n) is 4.77. The van der Waals surface area contributed by atoms with Gasteiger partial charge in [0, 0.05) is 22.8 Å². The monoisotopic (exact) mass is 382 g/mol. The number of anilines is 2. The zero-order valence-corrected chi connectivity index (χ0v) is 14.5. The minimum Gasteiger partial charge on any atom is -0.326 e. The number of benzene rings is 2. The standard InChI is InChI=1S/C15H15BrN2O3S/c1-10-8-14(6-7-15(10)17-11(2)19)22(20,21)18-13-5-3-4-12(16)9-13/h3-9,18H,1-2H3,(H,17,19). The van der Waals surface area contributed by atoms with Crippen LogP contribution in [0.3, 0.4) is 0 Å². The van der Waals surface area contributed by atoms with E-state index in [9.17, 15) is 13.2 Å². The lowest BCUT2D eigenvalue weighted by molar-refractivity contribution is -0.114. The number of aryl methyl sites for hydroxylation is 1. The fourth-order valence-electron chi connectivity index (χ4n) is 1.90. The molecule has 116 valence electrons. The highest BCUT2D eigenvalue weighted by Crippen LogP contribution is 2.23. The van der Waals surface area contributed by atoms with Crippen LogP contribution in [0, 0.1) is 6.92 Å². The van der Waals surface area contributed by atoms with Crippen molar-refractivity contribution < 1.29 is 13.2 Å². The SMILES string of the molecule is CC(=O)Nc1ccc(S(=O)(=O)Nc2cccc(Br)c2)cc1C. The number of carbonyl (C=O) groups is 1. The summed E-state index contributed by atoms with van der Waals surface area (Å²) >= 11 is 3.29. The third kappa shape index (κ3) is 4.08. The summed E-state index contributed by atoms with van der Waals surface area (Å²) < 4.78 is 28.1. The maximum absolute atomic E-state index is 12.4. The van der Waals surface area contributed by atoms with Gasteiger partial charge in [-0.15, -0.1) is 0 Å². The fraction of sp³-hybridized carbons (Fsp3) is 0.133. The molecule has 0 saturated heterocycles. The Morgan fingerprint density at radius 3 is 2.45 bits per heavy atom. The number of sulfonamides is 1. The smallest absolute Gasteiger partial charge is 0.261 e. The highest BCUT2D eigenvalue weighted by Gasteiger charge is 2.15. The van der Waals surface area contributed by atoms with E-state index in [0.29, 0.717) is 16.9 Å². The van der Waals surface area contributed by atoms with E-state index in [4.69, 9.17) is 0 Å². The van der Waals surface area contributed by atoms with Crippen molar-refractivity contribution in [2.24, 2.45) is 0 Å². The van der Waals surface area contributed by atoms with Crippen LogP contribution in [0.4, 0.5) is 11.4 Å². The molecule has 1 amide bonds. The normalized spacial score (nSPS) is 11.0. The summed E-state index contributed by atoms with van der Waals surface area (Å²) in [6.07, 6.45) is 0. The van der Waals surface area contributed by atoms with Crippen molar-refractivity contribution in [2.75, 3.05) is 10.0 Å². The summed E-state index contributed by atoms with van der Waals surface area (Å²) in [5.41, 5.74) is 1.74. The van der Waals surface area contributed by atoms with Gasteiger partial charge in [0.05, 0.1) is 4.90 Å². The van der Waals surface area contributed by atoms with Crippen molar-refractivity contribution in [1.29, 1.82) is 0 Å². The molecule has 5 nitrogen and oxygen atoms in total. The van der Waals surface area contributed by atoms with Crippen LogP contribution in [0.25, 0.3) is 0 Å². The lowest BCUT2D eigenvalue weighted by Crippen LogP contribution is -2.14. The van der Waals surface area contributed by atoms with Gasteiger partial charge in [-0.2, -0.15) is 0 Å². The molecule has 2 aromatic rings. The molecule has 0 spiro atoms. The van der Waals surface area contributed by atoms with Gasteiger partial charge in [0.2, 0.25) is 5.91 Å². The van der Waals surface area contributed by atoms with Crippen LogP contribution in [0.15, 0.2) is 51.8 Å². The third-order valence-corrected chi connectivity index (χ3v) is 4.77. The van der Waals surface area contributed by atoms with E-state index in [0.717, 1.165) is 4.47 Å². The summed E-state index contributed by atoms with van der Waals surface area (Å²) in [7, 11) is -3.68. The largest absolute Gasteiger partial charge is 0.326 e. The summed E-state index contributed by atoms with van der Waals surface area (Å²) in [5, 5.41) is 2.65. The number of hydrogen-bond donors (Lipinski definition) is 2. The van der Waals surface area contributed by atoms with Gasteiger partial charge in [-0.3, -0.25) is 9.52 Å². The molecule has 22 heavy (non-hydrogen) atoms. The Hall–Kier alpha value is -1.86. The van der Waals surface area contributed by atoms with Crippen LogP contribution in [0.1, 0.15) is 12.5 Å². The van der Waals surface area contributed by atoms with Crippen molar-refractivity contribution in [3.05, 3.63) is 52.5 Å². The minimum absolute atomic E-state index is 0.138. The number of halogens is 1. The molecule has 0 atom stereocenters. The van der Waals surface area contributed by atoms with Gasteiger partial charge >= 0.3 is 0 Å². The van der Waals surface area contributed by atoms with Crippen molar-refractivity contribution in [2.45, 2.75) is 18.7 Å². The molecule has 2 aromatic carbocycles. The van der Waals surface area contributed by atoms with E-state index in [2.05, 4.69) is 26.0 Å². The van der Waals surface area contributed by atoms with Gasteiger partial charge in [0.15, 0.2) is 0 Å². The maximum atomic E-state index is 12.4. The van der Waals surface area contributed by atoms with Crippen LogP contribution < -0.4 is 10.0 Å². The number of carbonyl (C=O) groups excluding carboxylic acids is 1. The molecule has 0 fully saturated rings. The fourth-order valence-corrected chi connectivity index (χ4v) is 3.43. The van der Waals surface area contributed by atoms with Gasteiger partial charge in [-0.1, -0.05) is 22.0 Å². The Labute approximate surface area is 137 Å².